The van der Waals surface area contributed by atoms with Crippen molar-refractivity contribution in [3.8, 4) is 11.3 Å². The van der Waals surface area contributed by atoms with Crippen LogP contribution in [0.15, 0.2) is 79.0 Å². The maximum Gasteiger partial charge on any atom is 0.311 e. The van der Waals surface area contributed by atoms with E-state index >= 15 is 0 Å². The van der Waals surface area contributed by atoms with Gasteiger partial charge < -0.3 is 21.7 Å². The molecule has 0 atom stereocenters. The Balaban J connectivity index is 1.29. The second-order valence-corrected chi connectivity index (χ2v) is 7.72. The summed E-state index contributed by atoms with van der Waals surface area (Å²) in [5, 5.41) is 19.9. The fourth-order valence-corrected chi connectivity index (χ4v) is 3.36. The molecular formula is C25H24N8O3. The lowest BCUT2D eigenvalue weighted by Gasteiger charge is -2.09. The number of aromatic nitrogens is 3. The third-order valence-electron chi connectivity index (χ3n) is 5.21. The van der Waals surface area contributed by atoms with Gasteiger partial charge >= 0.3 is 5.69 Å². The number of anilines is 3. The number of nitrogen functional groups attached to an aromatic ring is 1. The van der Waals surface area contributed by atoms with E-state index in [1.165, 1.54) is 12.1 Å². The van der Waals surface area contributed by atoms with Crippen molar-refractivity contribution in [2.45, 2.75) is 6.54 Å². The lowest BCUT2D eigenvalue weighted by Crippen LogP contribution is -2.22. The second kappa shape index (κ2) is 11.4. The maximum absolute atomic E-state index is 12.4. The normalized spacial score (nSPS) is 10.4. The Morgan fingerprint density at radius 2 is 1.67 bits per heavy atom. The van der Waals surface area contributed by atoms with Crippen molar-refractivity contribution in [3.05, 3.63) is 100 Å². The van der Waals surface area contributed by atoms with Crippen molar-refractivity contribution in [1.82, 2.24) is 20.3 Å². The zero-order valence-corrected chi connectivity index (χ0v) is 19.2. The number of nitrogens with zero attached hydrogens (tertiary/aromatic N) is 4. The van der Waals surface area contributed by atoms with E-state index in [9.17, 15) is 14.9 Å². The molecule has 0 aliphatic rings. The highest BCUT2D eigenvalue weighted by Gasteiger charge is 2.12. The van der Waals surface area contributed by atoms with Gasteiger partial charge in [-0.3, -0.25) is 14.9 Å². The number of carbonyl (C=O) groups excluding carboxylic acids is 1. The molecule has 0 radical (unpaired) electrons. The topological polar surface area (TPSA) is 161 Å². The zero-order chi connectivity index (χ0) is 25.3. The number of pyridine rings is 1. The van der Waals surface area contributed by atoms with Gasteiger partial charge in [0, 0.05) is 43.0 Å². The van der Waals surface area contributed by atoms with Crippen molar-refractivity contribution in [2.75, 3.05) is 29.5 Å². The molecule has 0 saturated carbocycles. The average molecular weight is 485 g/mol. The molecule has 0 spiro atoms. The van der Waals surface area contributed by atoms with Crippen LogP contribution in [0.25, 0.3) is 11.3 Å². The van der Waals surface area contributed by atoms with E-state index in [4.69, 9.17) is 5.73 Å². The lowest BCUT2D eigenvalue weighted by molar-refractivity contribution is -0.384. The summed E-state index contributed by atoms with van der Waals surface area (Å²) in [6.45, 7) is 1.40. The van der Waals surface area contributed by atoms with Crippen LogP contribution in [-0.4, -0.2) is 38.9 Å². The van der Waals surface area contributed by atoms with Crippen molar-refractivity contribution in [3.63, 3.8) is 0 Å². The largest absolute Gasteiger partial charge is 0.378 e. The summed E-state index contributed by atoms with van der Waals surface area (Å²) in [6.07, 6.45) is 1.65. The fraction of sp³-hybridized carbons (Fsp3) is 0.120. The minimum absolute atomic E-state index is 0.145. The maximum atomic E-state index is 12.4. The number of nitrogens with one attached hydrogen (secondary N) is 3. The zero-order valence-electron chi connectivity index (χ0n) is 19.2. The van der Waals surface area contributed by atoms with Crippen LogP contribution in [0.3, 0.4) is 0 Å². The van der Waals surface area contributed by atoms with Crippen LogP contribution in [0, 0.1) is 10.1 Å². The molecule has 0 saturated heterocycles. The van der Waals surface area contributed by atoms with Crippen molar-refractivity contribution in [2.24, 2.45) is 0 Å². The minimum atomic E-state index is -0.577. The first-order valence-corrected chi connectivity index (χ1v) is 11.1. The summed E-state index contributed by atoms with van der Waals surface area (Å²) in [7, 11) is 0. The molecule has 0 aliphatic carbocycles. The van der Waals surface area contributed by atoms with Gasteiger partial charge in [-0.2, -0.15) is 0 Å². The quantitative estimate of drug-likeness (QED) is 0.150. The molecule has 0 aliphatic heterocycles. The van der Waals surface area contributed by atoms with Gasteiger partial charge in [-0.05, 0) is 29.8 Å². The second-order valence-electron chi connectivity index (χ2n) is 7.72. The third kappa shape index (κ3) is 6.29. The number of carbonyl (C=O) groups is 1. The van der Waals surface area contributed by atoms with Gasteiger partial charge in [0.15, 0.2) is 0 Å². The van der Waals surface area contributed by atoms with Gasteiger partial charge in [0.2, 0.25) is 11.8 Å². The van der Waals surface area contributed by atoms with E-state index in [0.717, 1.165) is 11.1 Å². The number of rotatable bonds is 10. The number of benzene rings is 2. The first kappa shape index (κ1) is 24.1. The summed E-state index contributed by atoms with van der Waals surface area (Å²) in [4.78, 5) is 35.4. The molecule has 11 nitrogen and oxygen atoms in total. The van der Waals surface area contributed by atoms with Crippen LogP contribution in [0.4, 0.5) is 23.3 Å². The van der Waals surface area contributed by atoms with Crippen molar-refractivity contribution < 1.29 is 9.72 Å². The van der Waals surface area contributed by atoms with Crippen LogP contribution in [0.2, 0.25) is 0 Å². The predicted molar refractivity (Wildman–Crippen MR) is 137 cm³/mol. The minimum Gasteiger partial charge on any atom is -0.378 e. The Labute approximate surface area is 207 Å². The van der Waals surface area contributed by atoms with E-state index in [1.807, 2.05) is 42.5 Å². The van der Waals surface area contributed by atoms with Crippen LogP contribution in [0.5, 0.6) is 0 Å². The van der Waals surface area contributed by atoms with Gasteiger partial charge in [0.05, 0.1) is 10.6 Å². The third-order valence-corrected chi connectivity index (χ3v) is 5.21. The molecule has 2 aromatic heterocycles. The molecule has 11 heteroatoms. The van der Waals surface area contributed by atoms with E-state index in [0.29, 0.717) is 42.7 Å². The molecular weight excluding hydrogens is 460 g/mol. The number of hydrogen-bond donors (Lipinski definition) is 4. The monoisotopic (exact) mass is 484 g/mol. The van der Waals surface area contributed by atoms with Gasteiger partial charge in [0.1, 0.15) is 5.82 Å². The van der Waals surface area contributed by atoms with E-state index in [1.54, 1.807) is 24.4 Å². The fourth-order valence-electron chi connectivity index (χ4n) is 3.36. The molecule has 2 aromatic carbocycles. The van der Waals surface area contributed by atoms with Gasteiger partial charge in [-0.25, -0.2) is 15.0 Å². The summed E-state index contributed by atoms with van der Waals surface area (Å²) in [6, 6.07) is 21.5. The molecule has 0 fully saturated rings. The number of nitrogens with two attached hydrogens (primary N) is 1. The Kier molecular flexibility index (Phi) is 7.61. The first-order chi connectivity index (χ1) is 17.5. The van der Waals surface area contributed by atoms with Crippen LogP contribution >= 0.6 is 0 Å². The van der Waals surface area contributed by atoms with Crippen LogP contribution < -0.4 is 21.7 Å². The summed E-state index contributed by atoms with van der Waals surface area (Å²) >= 11 is 0. The van der Waals surface area contributed by atoms with Crippen LogP contribution in [-0.2, 0) is 6.54 Å². The molecule has 0 unspecified atom stereocenters. The van der Waals surface area contributed by atoms with Gasteiger partial charge in [-0.1, -0.05) is 42.5 Å². The smallest absolute Gasteiger partial charge is 0.311 e. The molecule has 5 N–H and O–H groups in total. The van der Waals surface area contributed by atoms with Crippen molar-refractivity contribution >= 4 is 29.2 Å². The van der Waals surface area contributed by atoms with E-state index in [-0.39, 0.29) is 17.4 Å². The first-order valence-electron chi connectivity index (χ1n) is 11.1. The molecule has 4 aromatic rings. The predicted octanol–water partition coefficient (Wildman–Crippen LogP) is 3.48. The highest BCUT2D eigenvalue weighted by molar-refractivity contribution is 5.94. The molecule has 1 amide bonds. The SMILES string of the molecule is Nc1nc(NCCNc2nccc(-c3ccc(C(=O)NCc4ccccc4)cc3)n2)ccc1[N+](=O)[O-]. The van der Waals surface area contributed by atoms with Crippen molar-refractivity contribution in [1.29, 1.82) is 0 Å². The summed E-state index contributed by atoms with van der Waals surface area (Å²) in [5.74, 6) is 0.582. The Hall–Kier alpha value is -5.06. The summed E-state index contributed by atoms with van der Waals surface area (Å²) in [5.41, 5.74) is 8.53. The number of amides is 1. The van der Waals surface area contributed by atoms with Gasteiger partial charge in [0.25, 0.3) is 5.91 Å². The Morgan fingerprint density at radius 3 is 2.39 bits per heavy atom. The van der Waals surface area contributed by atoms with E-state index in [2.05, 4.69) is 30.9 Å². The molecule has 2 heterocycles. The molecule has 182 valence electrons. The highest BCUT2D eigenvalue weighted by Crippen LogP contribution is 2.21. The lowest BCUT2D eigenvalue weighted by atomic mass is 10.1. The van der Waals surface area contributed by atoms with Gasteiger partial charge in [-0.15, -0.1) is 0 Å². The summed E-state index contributed by atoms with van der Waals surface area (Å²) < 4.78 is 0. The van der Waals surface area contributed by atoms with Crippen LogP contribution in [0.1, 0.15) is 15.9 Å². The number of nitro groups is 1. The van der Waals surface area contributed by atoms with E-state index < -0.39 is 4.92 Å². The average Bonchev–Trinajstić information content (AvgIpc) is 2.90. The Bertz CT molecular complexity index is 1350. The molecule has 36 heavy (non-hydrogen) atoms. The highest BCUT2D eigenvalue weighted by atomic mass is 16.6. The number of hydrogen-bond acceptors (Lipinski definition) is 9. The molecule has 0 bridgehead atoms. The Morgan fingerprint density at radius 1 is 0.917 bits per heavy atom. The standard InChI is InChI=1S/C25H24N8O3/c26-23-21(33(35)36)10-11-22(32-23)27-14-15-29-25-28-13-12-20(31-25)18-6-8-19(9-7-18)24(34)30-16-17-4-2-1-3-5-17/h1-13H,14-16H2,(H,30,34)(H3,26,27,32)(H,28,29,31). The molecule has 4 rings (SSSR count).